The molecule has 1 aliphatic rings. The first-order valence-electron chi connectivity index (χ1n) is 7.53. The largest absolute Gasteiger partial charge is 0.322 e. The Morgan fingerprint density at radius 3 is 2.65 bits per heavy atom. The fourth-order valence-corrected chi connectivity index (χ4v) is 3.75. The lowest BCUT2D eigenvalue weighted by molar-refractivity contribution is -0.387. The van der Waals surface area contributed by atoms with Crippen molar-refractivity contribution < 1.29 is 22.5 Å². The monoisotopic (exact) mass is 379 g/mol. The number of benzene rings is 2. The highest BCUT2D eigenvalue weighted by molar-refractivity contribution is 7.92. The van der Waals surface area contributed by atoms with Crippen molar-refractivity contribution in [2.75, 3.05) is 22.4 Å². The first-order chi connectivity index (χ1) is 12.2. The summed E-state index contributed by atoms with van der Waals surface area (Å²) in [7, 11) is -3.38. The van der Waals surface area contributed by atoms with E-state index in [1.165, 1.54) is 16.4 Å². The Labute approximate surface area is 148 Å². The molecule has 8 nitrogen and oxygen atoms in total. The smallest absolute Gasteiger partial charge is 0.306 e. The third kappa shape index (κ3) is 3.36. The minimum Gasteiger partial charge on any atom is -0.322 e. The molecule has 0 saturated heterocycles. The minimum atomic E-state index is -3.38. The average molecular weight is 379 g/mol. The lowest BCUT2D eigenvalue weighted by Gasteiger charge is -2.16. The number of hydrogen-bond donors (Lipinski definition) is 1. The summed E-state index contributed by atoms with van der Waals surface area (Å²) >= 11 is 0. The van der Waals surface area contributed by atoms with Crippen molar-refractivity contribution in [1.82, 2.24) is 0 Å². The fraction of sp³-hybridized carbons (Fsp3) is 0.188. The molecule has 0 fully saturated rings. The Morgan fingerprint density at radius 1 is 1.27 bits per heavy atom. The van der Waals surface area contributed by atoms with Crippen LogP contribution < -0.4 is 9.62 Å². The van der Waals surface area contributed by atoms with E-state index >= 15 is 0 Å². The van der Waals surface area contributed by atoms with Gasteiger partial charge in [0.1, 0.15) is 0 Å². The number of sulfonamides is 1. The summed E-state index contributed by atoms with van der Waals surface area (Å²) in [5.41, 5.74) is 0.864. The van der Waals surface area contributed by atoms with Gasteiger partial charge in [0.15, 0.2) is 0 Å². The molecule has 0 atom stereocenters. The van der Waals surface area contributed by atoms with Crippen molar-refractivity contribution in [3.8, 4) is 0 Å². The Morgan fingerprint density at radius 2 is 2.00 bits per heavy atom. The fourth-order valence-electron chi connectivity index (χ4n) is 2.79. The number of nitro groups is 1. The second-order valence-corrected chi connectivity index (χ2v) is 7.71. The van der Waals surface area contributed by atoms with Gasteiger partial charge in [-0.3, -0.25) is 19.2 Å². The first-order valence-corrected chi connectivity index (χ1v) is 9.37. The molecule has 2 aromatic rings. The van der Waals surface area contributed by atoms with Crippen LogP contribution in [0.1, 0.15) is 15.9 Å². The van der Waals surface area contributed by atoms with Gasteiger partial charge in [-0.1, -0.05) is 0 Å². The van der Waals surface area contributed by atoms with E-state index in [9.17, 15) is 27.7 Å². The van der Waals surface area contributed by atoms with Gasteiger partial charge >= 0.3 is 5.69 Å². The summed E-state index contributed by atoms with van der Waals surface area (Å²) in [6.07, 6.45) is 1.59. The quantitative estimate of drug-likeness (QED) is 0.647. The average Bonchev–Trinajstić information content (AvgIpc) is 2.99. The van der Waals surface area contributed by atoms with E-state index in [1.807, 2.05) is 0 Å². The van der Waals surface area contributed by atoms with E-state index in [1.54, 1.807) is 12.1 Å². The summed E-state index contributed by atoms with van der Waals surface area (Å²) in [5.74, 6) is -1.53. The van der Waals surface area contributed by atoms with Crippen molar-refractivity contribution >= 4 is 33.0 Å². The number of halogens is 1. The molecule has 1 amide bonds. The highest BCUT2D eigenvalue weighted by atomic mass is 32.2. The molecular formula is C16H14FN3O5S. The van der Waals surface area contributed by atoms with Gasteiger partial charge in [0.2, 0.25) is 15.8 Å². The van der Waals surface area contributed by atoms with Gasteiger partial charge in [-0.15, -0.1) is 0 Å². The SMILES string of the molecule is CS(=O)(=O)N1CCc2cc(C(=O)Nc3ccc(F)c([N+](=O)[O-])c3)ccc21. The second kappa shape index (κ2) is 6.37. The lowest BCUT2D eigenvalue weighted by atomic mass is 10.1. The molecule has 0 spiro atoms. The first kappa shape index (κ1) is 17.8. The van der Waals surface area contributed by atoms with Crippen LogP contribution in [0.5, 0.6) is 0 Å². The van der Waals surface area contributed by atoms with Gasteiger partial charge in [0.25, 0.3) is 5.91 Å². The zero-order chi connectivity index (χ0) is 19.1. The predicted molar refractivity (Wildman–Crippen MR) is 93.3 cm³/mol. The molecule has 0 bridgehead atoms. The maximum absolute atomic E-state index is 13.4. The molecule has 0 aromatic heterocycles. The van der Waals surface area contributed by atoms with E-state index < -0.39 is 32.4 Å². The number of amides is 1. The number of nitro benzene ring substituents is 1. The highest BCUT2D eigenvalue weighted by Gasteiger charge is 2.26. The molecule has 1 aliphatic heterocycles. The zero-order valence-electron chi connectivity index (χ0n) is 13.6. The number of anilines is 2. The standard InChI is InChI=1S/C16H14FN3O5S/c1-26(24,25)19-7-6-10-8-11(2-5-14(10)19)16(21)18-12-3-4-13(17)15(9-12)20(22)23/h2-5,8-9H,6-7H2,1H3,(H,18,21). The zero-order valence-corrected chi connectivity index (χ0v) is 14.4. The Kier molecular flexibility index (Phi) is 4.36. The molecule has 2 aromatic carbocycles. The van der Waals surface area contributed by atoms with E-state index in [4.69, 9.17) is 0 Å². The third-order valence-corrected chi connectivity index (χ3v) is 5.18. The predicted octanol–water partition coefficient (Wildman–Crippen LogP) is 2.31. The van der Waals surface area contributed by atoms with Crippen molar-refractivity contribution in [3.05, 3.63) is 63.5 Å². The molecule has 1 N–H and O–H groups in total. The topological polar surface area (TPSA) is 110 Å². The number of fused-ring (bicyclic) bond motifs is 1. The molecule has 0 aliphatic carbocycles. The number of carbonyl (C=O) groups excluding carboxylic acids is 1. The van der Waals surface area contributed by atoms with Crippen LogP contribution in [-0.2, 0) is 16.4 Å². The number of rotatable bonds is 4. The summed E-state index contributed by atoms with van der Waals surface area (Å²) < 4.78 is 38.1. The second-order valence-electron chi connectivity index (χ2n) is 5.81. The Balaban J connectivity index is 1.84. The normalized spacial score (nSPS) is 13.4. The molecule has 0 radical (unpaired) electrons. The number of nitrogens with one attached hydrogen (secondary N) is 1. The third-order valence-electron chi connectivity index (χ3n) is 4.00. The molecule has 0 saturated carbocycles. The summed E-state index contributed by atoms with van der Waals surface area (Å²) in [5, 5.41) is 13.2. The molecule has 136 valence electrons. The maximum Gasteiger partial charge on any atom is 0.306 e. The van der Waals surface area contributed by atoms with Crippen LogP contribution in [-0.4, -0.2) is 32.0 Å². The van der Waals surface area contributed by atoms with Crippen LogP contribution in [0.4, 0.5) is 21.5 Å². The summed E-state index contributed by atoms with van der Waals surface area (Å²) in [6.45, 7) is 0.309. The highest BCUT2D eigenvalue weighted by Crippen LogP contribution is 2.31. The molecule has 0 unspecified atom stereocenters. The van der Waals surface area contributed by atoms with Crippen LogP contribution in [0.2, 0.25) is 0 Å². The van der Waals surface area contributed by atoms with E-state index in [-0.39, 0.29) is 11.3 Å². The molecule has 10 heteroatoms. The van der Waals surface area contributed by atoms with Gasteiger partial charge < -0.3 is 5.32 Å². The van der Waals surface area contributed by atoms with E-state index in [2.05, 4.69) is 5.32 Å². The van der Waals surface area contributed by atoms with E-state index in [0.29, 0.717) is 24.2 Å². The number of nitrogens with zero attached hydrogens (tertiary/aromatic N) is 2. The molecule has 26 heavy (non-hydrogen) atoms. The van der Waals surface area contributed by atoms with Crippen LogP contribution in [0.15, 0.2) is 36.4 Å². The Bertz CT molecular complexity index is 1020. The van der Waals surface area contributed by atoms with E-state index in [0.717, 1.165) is 18.4 Å². The van der Waals surface area contributed by atoms with Crippen molar-refractivity contribution in [1.29, 1.82) is 0 Å². The minimum absolute atomic E-state index is 0.0846. The van der Waals surface area contributed by atoms with Gasteiger partial charge in [0.05, 0.1) is 16.9 Å². The van der Waals surface area contributed by atoms with Gasteiger partial charge in [-0.2, -0.15) is 4.39 Å². The van der Waals surface area contributed by atoms with Crippen molar-refractivity contribution in [2.24, 2.45) is 0 Å². The summed E-state index contributed by atoms with van der Waals surface area (Å²) in [4.78, 5) is 22.2. The number of carbonyl (C=O) groups is 1. The molecule has 1 heterocycles. The number of hydrogen-bond acceptors (Lipinski definition) is 5. The van der Waals surface area contributed by atoms with Crippen LogP contribution >= 0.6 is 0 Å². The Hall–Kier alpha value is -3.01. The van der Waals surface area contributed by atoms with Crippen molar-refractivity contribution in [2.45, 2.75) is 6.42 Å². The van der Waals surface area contributed by atoms with Gasteiger partial charge in [-0.05, 0) is 42.3 Å². The lowest BCUT2D eigenvalue weighted by Crippen LogP contribution is -2.27. The van der Waals surface area contributed by atoms with Crippen LogP contribution in [0.25, 0.3) is 0 Å². The van der Waals surface area contributed by atoms with Crippen LogP contribution in [0.3, 0.4) is 0 Å². The maximum atomic E-state index is 13.4. The van der Waals surface area contributed by atoms with Gasteiger partial charge in [-0.25, -0.2) is 8.42 Å². The molecular weight excluding hydrogens is 365 g/mol. The molecule has 3 rings (SSSR count). The van der Waals surface area contributed by atoms with Gasteiger partial charge in [0, 0.05) is 23.9 Å². The summed E-state index contributed by atoms with van der Waals surface area (Å²) in [6, 6.07) is 7.65. The van der Waals surface area contributed by atoms with Crippen LogP contribution in [0, 0.1) is 15.9 Å². The van der Waals surface area contributed by atoms with Crippen molar-refractivity contribution in [3.63, 3.8) is 0 Å².